The molecular formula is C21H12AlCl3O6. The molecule has 0 radical (unpaired) electrons. The van der Waals surface area contributed by atoms with E-state index in [1.54, 1.807) is 0 Å². The molecule has 0 N–H and O–H groups in total. The molecule has 0 aliphatic carbocycles. The average Bonchev–Trinajstić information content (AvgIpc) is 2.70. The zero-order chi connectivity index (χ0) is 22.7. The molecule has 0 aliphatic rings. The monoisotopic (exact) mass is 492 g/mol. The largest absolute Gasteiger partial charge is 3.00 e. The van der Waals surface area contributed by atoms with E-state index in [0.29, 0.717) is 15.1 Å². The zero-order valence-electron chi connectivity index (χ0n) is 15.6. The molecule has 0 aromatic heterocycles. The number of carboxylic acids is 3. The van der Waals surface area contributed by atoms with Crippen LogP contribution in [0.1, 0.15) is 31.1 Å². The molecule has 0 aliphatic heterocycles. The van der Waals surface area contributed by atoms with E-state index in [1.165, 1.54) is 72.8 Å². The van der Waals surface area contributed by atoms with Crippen LogP contribution < -0.4 is 15.3 Å². The summed E-state index contributed by atoms with van der Waals surface area (Å²) in [6.45, 7) is 0. The molecule has 0 atom stereocenters. The topological polar surface area (TPSA) is 120 Å². The van der Waals surface area contributed by atoms with Crippen LogP contribution in [0.25, 0.3) is 0 Å². The van der Waals surface area contributed by atoms with E-state index in [-0.39, 0.29) is 34.1 Å². The van der Waals surface area contributed by atoms with Gasteiger partial charge in [-0.3, -0.25) is 0 Å². The summed E-state index contributed by atoms with van der Waals surface area (Å²) in [5.74, 6) is -3.55. The molecule has 156 valence electrons. The van der Waals surface area contributed by atoms with Crippen molar-refractivity contribution >= 4 is 70.1 Å². The summed E-state index contributed by atoms with van der Waals surface area (Å²) in [5, 5.41) is 32.0. The number of rotatable bonds is 3. The Kier molecular flexibility index (Phi) is 13.3. The first kappa shape index (κ1) is 28.5. The Bertz CT molecular complexity index is 859. The molecule has 3 aromatic rings. The average molecular weight is 494 g/mol. The van der Waals surface area contributed by atoms with Crippen molar-refractivity contribution in [2.24, 2.45) is 0 Å². The van der Waals surface area contributed by atoms with Crippen LogP contribution in [0, 0.1) is 0 Å². The Balaban J connectivity index is 0.000000429. The van der Waals surface area contributed by atoms with Crippen LogP contribution >= 0.6 is 34.8 Å². The molecule has 0 heterocycles. The van der Waals surface area contributed by atoms with Gasteiger partial charge in [-0.15, -0.1) is 0 Å². The first-order valence-corrected chi connectivity index (χ1v) is 9.14. The summed E-state index contributed by atoms with van der Waals surface area (Å²) < 4.78 is 0. The fraction of sp³-hybridized carbons (Fsp3) is 0. The molecular weight excluding hydrogens is 482 g/mol. The van der Waals surface area contributed by atoms with E-state index in [2.05, 4.69) is 0 Å². The molecule has 0 bridgehead atoms. The van der Waals surface area contributed by atoms with Gasteiger partial charge in [-0.25, -0.2) is 0 Å². The maximum atomic E-state index is 10.2. The molecule has 10 heteroatoms. The first-order chi connectivity index (χ1) is 14.1. The Morgan fingerprint density at radius 3 is 0.742 bits per heavy atom. The van der Waals surface area contributed by atoms with E-state index >= 15 is 0 Å². The van der Waals surface area contributed by atoms with E-state index < -0.39 is 17.9 Å². The van der Waals surface area contributed by atoms with Gasteiger partial charge in [0.05, 0.1) is 17.9 Å². The predicted molar refractivity (Wildman–Crippen MR) is 113 cm³/mol. The summed E-state index contributed by atoms with van der Waals surface area (Å²) >= 11 is 16.5. The molecule has 3 aromatic carbocycles. The molecule has 0 saturated heterocycles. The van der Waals surface area contributed by atoms with Crippen LogP contribution in [0.15, 0.2) is 72.8 Å². The van der Waals surface area contributed by atoms with Crippen molar-refractivity contribution in [1.82, 2.24) is 0 Å². The number of carbonyl (C=O) groups excluding carboxylic acids is 3. The third-order valence-corrected chi connectivity index (χ3v) is 4.00. The number of benzene rings is 3. The summed E-state index contributed by atoms with van der Waals surface area (Å²) in [6.07, 6.45) is 0. The van der Waals surface area contributed by atoms with Crippen molar-refractivity contribution < 1.29 is 29.7 Å². The smallest absolute Gasteiger partial charge is 0.545 e. The SMILES string of the molecule is O=C([O-])c1ccc(Cl)cc1.O=C([O-])c1ccc(Cl)cc1.O=C([O-])c1ccc(Cl)cc1.[Al+3]. The van der Waals surface area contributed by atoms with Gasteiger partial charge < -0.3 is 29.7 Å². The minimum Gasteiger partial charge on any atom is -0.545 e. The van der Waals surface area contributed by atoms with Gasteiger partial charge in [0.15, 0.2) is 0 Å². The van der Waals surface area contributed by atoms with Crippen molar-refractivity contribution in [1.29, 1.82) is 0 Å². The second-order valence-corrected chi connectivity index (χ2v) is 6.69. The Morgan fingerprint density at radius 1 is 0.452 bits per heavy atom. The third-order valence-electron chi connectivity index (χ3n) is 3.24. The summed E-state index contributed by atoms with van der Waals surface area (Å²) in [7, 11) is 0. The summed E-state index contributed by atoms with van der Waals surface area (Å²) in [4.78, 5) is 30.5. The van der Waals surface area contributed by atoms with Gasteiger partial charge in [-0.2, -0.15) is 0 Å². The molecule has 0 unspecified atom stereocenters. The molecule has 6 nitrogen and oxygen atoms in total. The number of halogens is 3. The van der Waals surface area contributed by atoms with Crippen LogP contribution in [0.4, 0.5) is 0 Å². The molecule has 0 saturated carbocycles. The summed E-state index contributed by atoms with van der Waals surface area (Å²) in [6, 6.07) is 17.4. The number of carbonyl (C=O) groups is 3. The first-order valence-electron chi connectivity index (χ1n) is 8.01. The second kappa shape index (κ2) is 14.5. The Hall–Kier alpha value is -2.53. The van der Waals surface area contributed by atoms with Crippen LogP contribution in [0.2, 0.25) is 15.1 Å². The van der Waals surface area contributed by atoms with Gasteiger partial charge in [0.1, 0.15) is 0 Å². The Labute approximate surface area is 203 Å². The van der Waals surface area contributed by atoms with Crippen molar-refractivity contribution in [2.75, 3.05) is 0 Å². The van der Waals surface area contributed by atoms with Crippen LogP contribution in [0.5, 0.6) is 0 Å². The molecule has 31 heavy (non-hydrogen) atoms. The van der Waals surface area contributed by atoms with Crippen molar-refractivity contribution in [2.45, 2.75) is 0 Å². The van der Waals surface area contributed by atoms with E-state index in [9.17, 15) is 29.7 Å². The molecule has 0 amide bonds. The van der Waals surface area contributed by atoms with E-state index in [1.807, 2.05) is 0 Å². The molecule has 0 fully saturated rings. The van der Waals surface area contributed by atoms with Gasteiger partial charge in [0.25, 0.3) is 0 Å². The Morgan fingerprint density at radius 2 is 0.613 bits per heavy atom. The predicted octanol–water partition coefficient (Wildman–Crippen LogP) is 1.73. The molecule has 3 rings (SSSR count). The zero-order valence-corrected chi connectivity index (χ0v) is 19.0. The van der Waals surface area contributed by atoms with Crippen LogP contribution in [-0.2, 0) is 0 Å². The van der Waals surface area contributed by atoms with Crippen LogP contribution in [-0.4, -0.2) is 35.3 Å². The fourth-order valence-corrected chi connectivity index (χ4v) is 2.14. The van der Waals surface area contributed by atoms with Crippen LogP contribution in [0.3, 0.4) is 0 Å². The van der Waals surface area contributed by atoms with Gasteiger partial charge in [0.2, 0.25) is 0 Å². The van der Waals surface area contributed by atoms with Gasteiger partial charge in [0, 0.05) is 15.1 Å². The van der Waals surface area contributed by atoms with Crippen molar-refractivity contribution in [3.63, 3.8) is 0 Å². The van der Waals surface area contributed by atoms with Gasteiger partial charge in [-0.1, -0.05) is 71.2 Å². The number of aromatic carboxylic acids is 3. The quantitative estimate of drug-likeness (QED) is 0.513. The number of hydrogen-bond donors (Lipinski definition) is 0. The molecule has 0 spiro atoms. The second-order valence-electron chi connectivity index (χ2n) is 5.38. The number of carboxylic acid groups (broad SMARTS) is 3. The van der Waals surface area contributed by atoms with Gasteiger partial charge in [-0.05, 0) is 53.1 Å². The minimum absolute atomic E-state index is 0. The van der Waals surface area contributed by atoms with Crippen molar-refractivity contribution in [3.05, 3.63) is 105 Å². The maximum Gasteiger partial charge on any atom is 3.00 e. The van der Waals surface area contributed by atoms with E-state index in [4.69, 9.17) is 34.8 Å². The third kappa shape index (κ3) is 11.4. The standard InChI is InChI=1S/3C7H5ClO2.Al/c3*8-6-3-1-5(2-4-6)7(9)10;/h3*1-4H,(H,9,10);/q;;;+3/p-3. The number of hydrogen-bond acceptors (Lipinski definition) is 6. The van der Waals surface area contributed by atoms with Gasteiger partial charge >= 0.3 is 17.4 Å². The normalized spacial score (nSPS) is 9.00. The fourth-order valence-electron chi connectivity index (χ4n) is 1.76. The maximum absolute atomic E-state index is 10.2. The van der Waals surface area contributed by atoms with E-state index in [0.717, 1.165) is 0 Å². The van der Waals surface area contributed by atoms with Crippen molar-refractivity contribution in [3.8, 4) is 0 Å². The minimum atomic E-state index is -1.18. The summed E-state index contributed by atoms with van der Waals surface area (Å²) in [5.41, 5.74) is 0.429.